The smallest absolute Gasteiger partial charge is 0.258 e. The van der Waals surface area contributed by atoms with E-state index in [1.165, 1.54) is 19.3 Å². The maximum absolute atomic E-state index is 5.48. The molecule has 3 aromatic rings. The molecule has 3 heterocycles. The summed E-state index contributed by atoms with van der Waals surface area (Å²) in [7, 11) is 0. The molecule has 4 rings (SSSR count). The average molecular weight is 283 g/mol. The third kappa shape index (κ3) is 2.31. The predicted octanol–water partition coefficient (Wildman–Crippen LogP) is 2.82. The van der Waals surface area contributed by atoms with Crippen LogP contribution in [0.3, 0.4) is 0 Å². The molecule has 1 saturated heterocycles. The van der Waals surface area contributed by atoms with Crippen LogP contribution in [0.2, 0.25) is 0 Å². The van der Waals surface area contributed by atoms with Gasteiger partial charge in [0.25, 0.3) is 5.89 Å². The van der Waals surface area contributed by atoms with Gasteiger partial charge in [0.1, 0.15) is 0 Å². The number of hydrogen-bond acceptors (Lipinski definition) is 5. The van der Waals surface area contributed by atoms with Gasteiger partial charge in [-0.05, 0) is 31.5 Å². The molecule has 0 saturated carbocycles. The Labute approximate surface area is 121 Å². The molecule has 1 aliphatic rings. The molecule has 21 heavy (non-hydrogen) atoms. The number of H-pyrrole nitrogens is 1. The molecule has 6 nitrogen and oxygen atoms in total. The highest BCUT2D eigenvalue weighted by Gasteiger charge is 2.20. The topological polar surface area (TPSA) is 79.6 Å². The second kappa shape index (κ2) is 5.29. The molecule has 6 heteroatoms. The van der Waals surface area contributed by atoms with Crippen molar-refractivity contribution in [2.45, 2.75) is 31.7 Å². The van der Waals surface area contributed by atoms with Crippen LogP contribution < -0.4 is 5.32 Å². The number of aromatic amines is 1. The normalized spacial score (nSPS) is 19.7. The average Bonchev–Trinajstić information content (AvgIpc) is 3.10. The van der Waals surface area contributed by atoms with E-state index < -0.39 is 0 Å². The minimum atomic E-state index is 0.202. The summed E-state index contributed by atoms with van der Waals surface area (Å²) >= 11 is 0. The fraction of sp³-hybridized carbons (Fsp3) is 0.400. The molecule has 2 aromatic heterocycles. The van der Waals surface area contributed by atoms with Crippen LogP contribution in [0.1, 0.15) is 37.5 Å². The van der Waals surface area contributed by atoms with Gasteiger partial charge in [0.05, 0.1) is 23.3 Å². The van der Waals surface area contributed by atoms with E-state index in [1.807, 2.05) is 18.2 Å². The quantitative estimate of drug-likeness (QED) is 0.756. The zero-order valence-corrected chi connectivity index (χ0v) is 11.7. The van der Waals surface area contributed by atoms with Gasteiger partial charge >= 0.3 is 0 Å². The molecule has 0 spiro atoms. The first-order chi connectivity index (χ1) is 10.4. The third-order valence-corrected chi connectivity index (χ3v) is 4.03. The highest BCUT2D eigenvalue weighted by Crippen LogP contribution is 2.28. The number of nitrogens with one attached hydrogen (secondary N) is 2. The lowest BCUT2D eigenvalue weighted by atomic mass is 10.1. The molecule has 2 N–H and O–H groups in total. The lowest BCUT2D eigenvalue weighted by Gasteiger charge is -2.09. The van der Waals surface area contributed by atoms with Gasteiger partial charge in [-0.25, -0.2) is 0 Å². The van der Waals surface area contributed by atoms with Gasteiger partial charge in [0.15, 0.2) is 5.82 Å². The van der Waals surface area contributed by atoms with Crippen molar-refractivity contribution < 1.29 is 4.52 Å². The Balaban J connectivity index is 1.69. The molecule has 0 aliphatic carbocycles. The zero-order chi connectivity index (χ0) is 14.1. The highest BCUT2D eigenvalue weighted by molar-refractivity contribution is 5.91. The molecule has 0 radical (unpaired) electrons. The van der Waals surface area contributed by atoms with Gasteiger partial charge in [-0.1, -0.05) is 24.1 Å². The predicted molar refractivity (Wildman–Crippen MR) is 78.6 cm³/mol. The van der Waals surface area contributed by atoms with Gasteiger partial charge in [0, 0.05) is 5.39 Å². The van der Waals surface area contributed by atoms with Crippen LogP contribution >= 0.6 is 0 Å². The van der Waals surface area contributed by atoms with Gasteiger partial charge in [0.2, 0.25) is 0 Å². The lowest BCUT2D eigenvalue weighted by Crippen LogP contribution is -2.21. The molecule has 1 aromatic carbocycles. The van der Waals surface area contributed by atoms with Crippen LogP contribution in [-0.4, -0.2) is 26.9 Å². The minimum absolute atomic E-state index is 0.202. The Morgan fingerprint density at radius 3 is 3.19 bits per heavy atom. The maximum atomic E-state index is 5.48. The van der Waals surface area contributed by atoms with Crippen LogP contribution in [0.5, 0.6) is 0 Å². The second-order valence-electron chi connectivity index (χ2n) is 5.45. The van der Waals surface area contributed by atoms with Gasteiger partial charge in [-0.3, -0.25) is 5.10 Å². The summed E-state index contributed by atoms with van der Waals surface area (Å²) in [4.78, 5) is 4.59. The molecule has 108 valence electrons. The molecular formula is C15H17N5O. The van der Waals surface area contributed by atoms with E-state index in [0.29, 0.717) is 5.89 Å². The van der Waals surface area contributed by atoms with Crippen LogP contribution in [-0.2, 0) is 0 Å². The summed E-state index contributed by atoms with van der Waals surface area (Å²) in [6.07, 6.45) is 6.55. The molecule has 1 atom stereocenters. The number of benzene rings is 1. The van der Waals surface area contributed by atoms with E-state index in [0.717, 1.165) is 35.3 Å². The van der Waals surface area contributed by atoms with Crippen molar-refractivity contribution in [3.63, 3.8) is 0 Å². The summed E-state index contributed by atoms with van der Waals surface area (Å²) < 4.78 is 5.48. The van der Waals surface area contributed by atoms with E-state index in [1.54, 1.807) is 6.20 Å². The Morgan fingerprint density at radius 2 is 2.19 bits per heavy atom. The summed E-state index contributed by atoms with van der Waals surface area (Å²) in [5, 5.41) is 15.7. The van der Waals surface area contributed by atoms with Crippen molar-refractivity contribution in [1.82, 2.24) is 25.7 Å². The second-order valence-corrected chi connectivity index (χ2v) is 5.45. The first-order valence-corrected chi connectivity index (χ1v) is 7.41. The van der Waals surface area contributed by atoms with E-state index >= 15 is 0 Å². The van der Waals surface area contributed by atoms with Crippen molar-refractivity contribution in [2.75, 3.05) is 6.54 Å². The summed E-state index contributed by atoms with van der Waals surface area (Å²) in [5.41, 5.74) is 1.90. The number of hydrogen-bond donors (Lipinski definition) is 2. The van der Waals surface area contributed by atoms with E-state index in [-0.39, 0.29) is 6.04 Å². The van der Waals surface area contributed by atoms with Gasteiger partial charge < -0.3 is 9.84 Å². The third-order valence-electron chi connectivity index (χ3n) is 4.03. The van der Waals surface area contributed by atoms with Gasteiger partial charge in [-0.2, -0.15) is 10.1 Å². The van der Waals surface area contributed by atoms with E-state index in [9.17, 15) is 0 Å². The fourth-order valence-corrected chi connectivity index (χ4v) is 2.89. The lowest BCUT2D eigenvalue weighted by molar-refractivity contribution is 0.402. The largest absolute Gasteiger partial charge is 0.334 e. The van der Waals surface area contributed by atoms with E-state index in [2.05, 4.69) is 25.7 Å². The van der Waals surface area contributed by atoms with Crippen LogP contribution in [0.15, 0.2) is 28.9 Å². The molecule has 0 bridgehead atoms. The van der Waals surface area contributed by atoms with Crippen molar-refractivity contribution >= 4 is 10.9 Å². The Hall–Kier alpha value is -2.21. The van der Waals surface area contributed by atoms with Gasteiger partial charge in [-0.15, -0.1) is 0 Å². The minimum Gasteiger partial charge on any atom is -0.334 e. The first-order valence-electron chi connectivity index (χ1n) is 7.41. The zero-order valence-electron chi connectivity index (χ0n) is 11.7. The standard InChI is InChI=1S/C15H17N5O/c1-2-6-13(16-8-3-1)14-18-15(21-20-14)10-5-4-7-12-11(10)9-17-19-12/h4-5,7,9,13,16H,1-3,6,8H2,(H,17,19). The van der Waals surface area contributed by atoms with Crippen molar-refractivity contribution in [3.8, 4) is 11.5 Å². The maximum Gasteiger partial charge on any atom is 0.258 e. The summed E-state index contributed by atoms with van der Waals surface area (Å²) in [5.74, 6) is 1.32. The number of aromatic nitrogens is 4. The van der Waals surface area contributed by atoms with Crippen molar-refractivity contribution in [2.24, 2.45) is 0 Å². The molecule has 0 amide bonds. The monoisotopic (exact) mass is 283 g/mol. The molecule has 1 fully saturated rings. The van der Waals surface area contributed by atoms with Crippen LogP contribution in [0.25, 0.3) is 22.4 Å². The van der Waals surface area contributed by atoms with Crippen LogP contribution in [0, 0.1) is 0 Å². The number of nitrogens with zero attached hydrogens (tertiary/aromatic N) is 3. The van der Waals surface area contributed by atoms with Crippen LogP contribution in [0.4, 0.5) is 0 Å². The van der Waals surface area contributed by atoms with Crippen molar-refractivity contribution in [1.29, 1.82) is 0 Å². The first kappa shape index (κ1) is 12.5. The van der Waals surface area contributed by atoms with Crippen molar-refractivity contribution in [3.05, 3.63) is 30.2 Å². The SMILES string of the molecule is c1cc(-c2nc(C3CCCCCN3)no2)c2cn[nH]c2c1. The Kier molecular flexibility index (Phi) is 3.16. The molecular weight excluding hydrogens is 266 g/mol. The van der Waals surface area contributed by atoms with E-state index in [4.69, 9.17) is 4.52 Å². The number of fused-ring (bicyclic) bond motifs is 1. The highest BCUT2D eigenvalue weighted by atomic mass is 16.5. The Bertz CT molecular complexity index is 739. The summed E-state index contributed by atoms with van der Waals surface area (Å²) in [6, 6.07) is 6.13. The fourth-order valence-electron chi connectivity index (χ4n) is 2.89. The molecule has 1 aliphatic heterocycles. The summed E-state index contributed by atoms with van der Waals surface area (Å²) in [6.45, 7) is 1.02. The Morgan fingerprint density at radius 1 is 1.19 bits per heavy atom. The number of rotatable bonds is 2. The molecule has 1 unspecified atom stereocenters.